The zero-order valence-electron chi connectivity index (χ0n) is 12.4. The van der Waals surface area contributed by atoms with Crippen LogP contribution in [0.3, 0.4) is 0 Å². The smallest absolute Gasteiger partial charge is 0.360 e. The molecule has 1 heterocycles. The van der Waals surface area contributed by atoms with Gasteiger partial charge in [-0.15, -0.1) is 5.10 Å². The summed E-state index contributed by atoms with van der Waals surface area (Å²) in [6, 6.07) is -0.0700. The highest BCUT2D eigenvalue weighted by Crippen LogP contribution is 2.31. The minimum absolute atomic E-state index is 0.0700. The van der Waals surface area contributed by atoms with Crippen LogP contribution in [-0.4, -0.2) is 38.8 Å². The summed E-state index contributed by atoms with van der Waals surface area (Å²) in [7, 11) is 0. The van der Waals surface area contributed by atoms with E-state index in [0.717, 1.165) is 25.0 Å². The molecule has 112 valence electrons. The molecule has 1 N–H and O–H groups in total. The van der Waals surface area contributed by atoms with Gasteiger partial charge in [0.15, 0.2) is 5.69 Å². The van der Waals surface area contributed by atoms with Crippen LogP contribution in [0.15, 0.2) is 0 Å². The molecule has 0 aliphatic heterocycles. The molecule has 1 aromatic heterocycles. The van der Waals surface area contributed by atoms with Crippen molar-refractivity contribution in [3.05, 3.63) is 11.4 Å². The molecule has 2 atom stereocenters. The average Bonchev–Trinajstić information content (AvgIpc) is 2.95. The van der Waals surface area contributed by atoms with Gasteiger partial charge < -0.3 is 9.84 Å². The van der Waals surface area contributed by atoms with E-state index >= 15 is 0 Å². The van der Waals surface area contributed by atoms with Crippen LogP contribution >= 0.6 is 0 Å². The monoisotopic (exact) mass is 281 g/mol. The number of carbonyl (C=O) groups excluding carboxylic acids is 1. The van der Waals surface area contributed by atoms with Crippen LogP contribution in [0, 0.1) is 5.92 Å². The molecule has 0 aromatic carbocycles. The van der Waals surface area contributed by atoms with Crippen LogP contribution in [0.1, 0.15) is 62.3 Å². The zero-order chi connectivity index (χ0) is 14.7. The summed E-state index contributed by atoms with van der Waals surface area (Å²) in [5.74, 6) is -0.0548. The van der Waals surface area contributed by atoms with Crippen molar-refractivity contribution in [1.29, 1.82) is 0 Å². The van der Waals surface area contributed by atoms with Crippen LogP contribution in [0.2, 0.25) is 0 Å². The molecule has 0 saturated heterocycles. The molecule has 6 heteroatoms. The van der Waals surface area contributed by atoms with Crippen LogP contribution in [0.25, 0.3) is 0 Å². The van der Waals surface area contributed by atoms with E-state index in [0.29, 0.717) is 24.6 Å². The van der Waals surface area contributed by atoms with E-state index < -0.39 is 12.1 Å². The number of hydrogen-bond donors (Lipinski definition) is 1. The number of hydrogen-bond acceptors (Lipinski definition) is 5. The van der Waals surface area contributed by atoms with Gasteiger partial charge in [0.25, 0.3) is 0 Å². The highest BCUT2D eigenvalue weighted by atomic mass is 16.5. The molecule has 0 radical (unpaired) electrons. The number of nitrogens with zero attached hydrogens (tertiary/aromatic N) is 3. The lowest BCUT2D eigenvalue weighted by molar-refractivity contribution is 0.0517. The van der Waals surface area contributed by atoms with Crippen molar-refractivity contribution in [3.63, 3.8) is 0 Å². The molecule has 2 rings (SSSR count). The Morgan fingerprint density at radius 1 is 1.50 bits per heavy atom. The lowest BCUT2D eigenvalue weighted by atomic mass is 10.1. The third kappa shape index (κ3) is 3.00. The van der Waals surface area contributed by atoms with Gasteiger partial charge in [-0.05, 0) is 38.5 Å². The molecule has 6 nitrogen and oxygen atoms in total. The van der Waals surface area contributed by atoms with Gasteiger partial charge in [-0.2, -0.15) is 0 Å². The average molecular weight is 281 g/mol. The van der Waals surface area contributed by atoms with Gasteiger partial charge in [-0.3, -0.25) is 0 Å². The minimum Gasteiger partial charge on any atom is -0.461 e. The summed E-state index contributed by atoms with van der Waals surface area (Å²) in [5.41, 5.74) is 1.07. The standard InChI is InChI=1S/C14H23N3O3/c1-4-20-14(19)13-11(8-9(2)3)17(16-15-13)10-6-5-7-12(10)18/h9-10,12,18H,4-8H2,1-3H3. The Bertz CT molecular complexity index is 470. The van der Waals surface area contributed by atoms with Gasteiger partial charge in [0.1, 0.15) is 0 Å². The molecule has 1 aliphatic carbocycles. The Balaban J connectivity index is 2.34. The van der Waals surface area contributed by atoms with Gasteiger partial charge in [-0.25, -0.2) is 9.48 Å². The summed E-state index contributed by atoms with van der Waals surface area (Å²) >= 11 is 0. The van der Waals surface area contributed by atoms with Crippen LogP contribution in [0.5, 0.6) is 0 Å². The Morgan fingerprint density at radius 2 is 2.25 bits per heavy atom. The van der Waals surface area contributed by atoms with E-state index in [4.69, 9.17) is 4.74 Å². The molecule has 0 spiro atoms. The number of aromatic nitrogens is 3. The second kappa shape index (κ2) is 6.35. The molecule has 1 fully saturated rings. The molecule has 0 amide bonds. The lowest BCUT2D eigenvalue weighted by Crippen LogP contribution is -2.23. The largest absolute Gasteiger partial charge is 0.461 e. The molecular weight excluding hydrogens is 258 g/mol. The van der Waals surface area contributed by atoms with Crippen molar-refractivity contribution in [2.75, 3.05) is 6.61 Å². The van der Waals surface area contributed by atoms with Gasteiger partial charge >= 0.3 is 5.97 Å². The molecule has 1 aliphatic rings. The van der Waals surface area contributed by atoms with E-state index in [1.165, 1.54) is 0 Å². The van der Waals surface area contributed by atoms with Gasteiger partial charge in [-0.1, -0.05) is 19.1 Å². The van der Waals surface area contributed by atoms with Crippen molar-refractivity contribution < 1.29 is 14.6 Å². The first-order chi connectivity index (χ1) is 9.54. The summed E-state index contributed by atoms with van der Waals surface area (Å²) in [6.07, 6.45) is 2.92. The maximum Gasteiger partial charge on any atom is 0.360 e. The minimum atomic E-state index is -0.429. The van der Waals surface area contributed by atoms with E-state index in [1.54, 1.807) is 11.6 Å². The van der Waals surface area contributed by atoms with E-state index in [2.05, 4.69) is 24.2 Å². The zero-order valence-corrected chi connectivity index (χ0v) is 12.4. The fraction of sp³-hybridized carbons (Fsp3) is 0.786. The van der Waals surface area contributed by atoms with Gasteiger partial charge in [0.05, 0.1) is 24.4 Å². The van der Waals surface area contributed by atoms with Crippen molar-refractivity contribution in [2.45, 2.75) is 58.6 Å². The quantitative estimate of drug-likeness (QED) is 0.832. The van der Waals surface area contributed by atoms with Gasteiger partial charge in [0, 0.05) is 0 Å². The second-order valence-electron chi connectivity index (χ2n) is 5.71. The Kier molecular flexibility index (Phi) is 4.75. The normalized spacial score (nSPS) is 22.4. The molecule has 20 heavy (non-hydrogen) atoms. The fourth-order valence-corrected chi connectivity index (χ4v) is 2.72. The maximum atomic E-state index is 12.0. The van der Waals surface area contributed by atoms with Crippen LogP contribution in [0.4, 0.5) is 0 Å². The van der Waals surface area contributed by atoms with E-state index in [9.17, 15) is 9.90 Å². The first-order valence-corrected chi connectivity index (χ1v) is 7.33. The topological polar surface area (TPSA) is 77.2 Å². The van der Waals surface area contributed by atoms with Crippen molar-refractivity contribution in [2.24, 2.45) is 5.92 Å². The third-order valence-corrected chi connectivity index (χ3v) is 3.62. The van der Waals surface area contributed by atoms with E-state index in [-0.39, 0.29) is 6.04 Å². The number of esters is 1. The Labute approximate surface area is 119 Å². The van der Waals surface area contributed by atoms with Crippen molar-refractivity contribution in [1.82, 2.24) is 15.0 Å². The SMILES string of the molecule is CCOC(=O)c1nnn(C2CCCC2O)c1CC(C)C. The van der Waals surface area contributed by atoms with Crippen LogP contribution in [-0.2, 0) is 11.2 Å². The van der Waals surface area contributed by atoms with Gasteiger partial charge in [0.2, 0.25) is 0 Å². The fourth-order valence-electron chi connectivity index (χ4n) is 2.72. The summed E-state index contributed by atoms with van der Waals surface area (Å²) in [5, 5.41) is 18.2. The molecule has 1 saturated carbocycles. The first-order valence-electron chi connectivity index (χ1n) is 7.33. The number of carbonyl (C=O) groups is 1. The third-order valence-electron chi connectivity index (χ3n) is 3.62. The number of aliphatic hydroxyl groups is 1. The van der Waals surface area contributed by atoms with E-state index in [1.807, 2.05) is 0 Å². The number of ether oxygens (including phenoxy) is 1. The summed E-state index contributed by atoms with van der Waals surface area (Å²) in [6.45, 7) is 6.25. The van der Waals surface area contributed by atoms with Crippen molar-refractivity contribution in [3.8, 4) is 0 Å². The lowest BCUT2D eigenvalue weighted by Gasteiger charge is -2.18. The highest BCUT2D eigenvalue weighted by Gasteiger charge is 2.32. The first kappa shape index (κ1) is 15.0. The predicted octanol–water partition coefficient (Wildman–Crippen LogP) is 1.74. The Morgan fingerprint density at radius 3 is 2.80 bits per heavy atom. The summed E-state index contributed by atoms with van der Waals surface area (Å²) < 4.78 is 6.78. The molecule has 2 unspecified atom stereocenters. The molecular formula is C14H23N3O3. The Hall–Kier alpha value is -1.43. The summed E-state index contributed by atoms with van der Waals surface area (Å²) in [4.78, 5) is 12.0. The predicted molar refractivity (Wildman–Crippen MR) is 73.4 cm³/mol. The second-order valence-corrected chi connectivity index (χ2v) is 5.71. The van der Waals surface area contributed by atoms with Crippen molar-refractivity contribution >= 4 is 5.97 Å². The number of aliphatic hydroxyl groups excluding tert-OH is 1. The molecule has 1 aromatic rings. The number of rotatable bonds is 5. The highest BCUT2D eigenvalue weighted by molar-refractivity contribution is 5.88. The maximum absolute atomic E-state index is 12.0. The van der Waals surface area contributed by atoms with Crippen LogP contribution < -0.4 is 0 Å². The molecule has 0 bridgehead atoms.